The lowest BCUT2D eigenvalue weighted by atomic mass is 10.2. The fourth-order valence-electron chi connectivity index (χ4n) is 2.30. The molecule has 0 aliphatic carbocycles. The van der Waals surface area contributed by atoms with Gasteiger partial charge in [-0.25, -0.2) is 4.99 Å². The van der Waals surface area contributed by atoms with Crippen LogP contribution in [0.3, 0.4) is 0 Å². The van der Waals surface area contributed by atoms with Crippen molar-refractivity contribution in [2.75, 3.05) is 0 Å². The van der Waals surface area contributed by atoms with Crippen LogP contribution in [0.4, 0.5) is 5.69 Å². The third-order valence-electron chi connectivity index (χ3n) is 3.68. The molecule has 3 aromatic carbocycles. The summed E-state index contributed by atoms with van der Waals surface area (Å²) in [6.45, 7) is 2.05. The van der Waals surface area contributed by atoms with Crippen molar-refractivity contribution in [3.63, 3.8) is 0 Å². The topological polar surface area (TPSA) is 30.8 Å². The minimum Gasteiger partial charge on any atom is -0.465 e. The number of nitrogens with zero attached hydrogens (tertiary/aromatic N) is 1. The zero-order chi connectivity index (χ0) is 18.0. The molecule has 0 bridgehead atoms. The van der Waals surface area contributed by atoms with Gasteiger partial charge in [0.2, 0.25) is 5.90 Å². The number of hydrogen-bond donors (Lipinski definition) is 0. The molecule has 0 atom stereocenters. The Morgan fingerprint density at radius 2 is 1.31 bits per heavy atom. The summed E-state index contributed by atoms with van der Waals surface area (Å²) in [4.78, 5) is 4.68. The number of aliphatic imine (C=N–C) groups is 1. The molecule has 130 valence electrons. The van der Waals surface area contributed by atoms with E-state index in [9.17, 15) is 0 Å². The monoisotopic (exact) mass is 343 g/mol. The quantitative estimate of drug-likeness (QED) is 0.304. The zero-order valence-electron chi connectivity index (χ0n) is 14.7. The van der Waals surface area contributed by atoms with Gasteiger partial charge >= 0.3 is 0 Å². The summed E-state index contributed by atoms with van der Waals surface area (Å²) in [6, 6.07) is 29.1. The van der Waals surface area contributed by atoms with Crippen molar-refractivity contribution in [2.24, 2.45) is 4.99 Å². The van der Waals surface area contributed by atoms with Crippen molar-refractivity contribution < 1.29 is 9.47 Å². The molecule has 0 N–H and O–H groups in total. The van der Waals surface area contributed by atoms with E-state index in [2.05, 4.69) is 11.9 Å². The summed E-state index contributed by atoms with van der Waals surface area (Å²) in [5.41, 5.74) is 1.71. The number of para-hydroxylation sites is 3. The molecule has 0 unspecified atom stereocenters. The van der Waals surface area contributed by atoms with Gasteiger partial charge in [-0.2, -0.15) is 0 Å². The maximum atomic E-state index is 6.06. The number of hydrogen-bond acceptors (Lipinski definition) is 3. The molecule has 0 aliphatic heterocycles. The van der Waals surface area contributed by atoms with Gasteiger partial charge in [0.05, 0.1) is 11.9 Å². The van der Waals surface area contributed by atoms with Crippen molar-refractivity contribution in [1.29, 1.82) is 0 Å². The molecule has 26 heavy (non-hydrogen) atoms. The van der Waals surface area contributed by atoms with Crippen LogP contribution in [0.15, 0.2) is 108 Å². The normalized spacial score (nSPS) is 11.9. The molecule has 0 aromatic heterocycles. The molecule has 3 rings (SSSR count). The lowest BCUT2D eigenvalue weighted by Gasteiger charge is -2.12. The summed E-state index contributed by atoms with van der Waals surface area (Å²) in [6.07, 6.45) is 2.44. The molecule has 3 nitrogen and oxygen atoms in total. The molecule has 3 heteroatoms. The van der Waals surface area contributed by atoms with Crippen molar-refractivity contribution in [1.82, 2.24) is 0 Å². The first kappa shape index (κ1) is 17.5. The number of ether oxygens (including phenoxy) is 2. The van der Waals surface area contributed by atoms with Crippen LogP contribution < -0.4 is 9.47 Å². The van der Waals surface area contributed by atoms with E-state index in [1.807, 2.05) is 91.0 Å². The first-order chi connectivity index (χ1) is 12.8. The van der Waals surface area contributed by atoms with E-state index in [0.717, 1.165) is 29.2 Å². The van der Waals surface area contributed by atoms with Crippen LogP contribution in [0.5, 0.6) is 11.5 Å². The van der Waals surface area contributed by atoms with Crippen molar-refractivity contribution in [2.45, 2.75) is 13.3 Å². The van der Waals surface area contributed by atoms with E-state index in [1.165, 1.54) is 0 Å². The van der Waals surface area contributed by atoms with Gasteiger partial charge < -0.3 is 9.47 Å². The molecule has 0 fully saturated rings. The Balaban J connectivity index is 1.91. The van der Waals surface area contributed by atoms with E-state index in [0.29, 0.717) is 5.90 Å². The molecule has 0 saturated carbocycles. The van der Waals surface area contributed by atoms with E-state index in [-0.39, 0.29) is 0 Å². The molecule has 0 radical (unpaired) electrons. The largest absolute Gasteiger partial charge is 0.465 e. The van der Waals surface area contributed by atoms with Gasteiger partial charge in [-0.1, -0.05) is 61.5 Å². The maximum absolute atomic E-state index is 6.06. The zero-order valence-corrected chi connectivity index (χ0v) is 14.7. The van der Waals surface area contributed by atoms with Gasteiger partial charge in [0, 0.05) is 5.57 Å². The third kappa shape index (κ3) is 5.08. The summed E-state index contributed by atoms with van der Waals surface area (Å²) in [5.74, 6) is 2.04. The standard InChI is InChI=1S/C23H21NO2/c1-2-19(18-25-21-14-8-4-9-15-21)23(24-20-12-6-3-7-13-20)26-22-16-10-5-11-17-22/h3-18H,2H2,1H3. The Hall–Kier alpha value is -3.33. The van der Waals surface area contributed by atoms with Gasteiger partial charge in [-0.15, -0.1) is 0 Å². The second-order valence-electron chi connectivity index (χ2n) is 5.60. The van der Waals surface area contributed by atoms with E-state index < -0.39 is 0 Å². The molecular formula is C23H21NO2. The first-order valence-electron chi connectivity index (χ1n) is 8.63. The third-order valence-corrected chi connectivity index (χ3v) is 3.68. The van der Waals surface area contributed by atoms with Gasteiger partial charge in [0.1, 0.15) is 11.5 Å². The molecule has 0 aliphatic rings. The van der Waals surface area contributed by atoms with Crippen LogP contribution in [-0.2, 0) is 0 Å². The molecule has 0 heterocycles. The highest BCUT2D eigenvalue weighted by atomic mass is 16.5. The maximum Gasteiger partial charge on any atom is 0.226 e. The second-order valence-corrected chi connectivity index (χ2v) is 5.60. The van der Waals surface area contributed by atoms with Crippen LogP contribution in [0, 0.1) is 0 Å². The van der Waals surface area contributed by atoms with Crippen LogP contribution in [-0.4, -0.2) is 5.90 Å². The SMILES string of the molecule is CCC(=COc1ccccc1)C(=Nc1ccccc1)Oc1ccccc1. The average molecular weight is 343 g/mol. The van der Waals surface area contributed by atoms with Crippen molar-refractivity contribution >= 4 is 11.6 Å². The van der Waals surface area contributed by atoms with Gasteiger partial charge in [-0.05, 0) is 42.8 Å². The molecule has 0 spiro atoms. The smallest absolute Gasteiger partial charge is 0.226 e. The summed E-state index contributed by atoms with van der Waals surface area (Å²) in [5, 5.41) is 0. The second kappa shape index (κ2) is 9.23. The van der Waals surface area contributed by atoms with Gasteiger partial charge in [0.15, 0.2) is 0 Å². The Kier molecular flexibility index (Phi) is 6.21. The minimum atomic E-state index is 0.529. The highest BCUT2D eigenvalue weighted by Crippen LogP contribution is 2.19. The number of rotatable bonds is 6. The van der Waals surface area contributed by atoms with Gasteiger partial charge in [-0.3, -0.25) is 0 Å². The Labute approximate surface area is 154 Å². The van der Waals surface area contributed by atoms with E-state index in [4.69, 9.17) is 9.47 Å². The minimum absolute atomic E-state index is 0.529. The van der Waals surface area contributed by atoms with E-state index >= 15 is 0 Å². The highest BCUT2D eigenvalue weighted by molar-refractivity contribution is 5.96. The molecule has 0 amide bonds. The Bertz CT molecular complexity index is 856. The predicted molar refractivity (Wildman–Crippen MR) is 106 cm³/mol. The molecular weight excluding hydrogens is 322 g/mol. The Morgan fingerprint density at radius 1 is 0.769 bits per heavy atom. The van der Waals surface area contributed by atoms with Crippen LogP contribution >= 0.6 is 0 Å². The van der Waals surface area contributed by atoms with Crippen molar-refractivity contribution in [3.05, 3.63) is 103 Å². The first-order valence-corrected chi connectivity index (χ1v) is 8.63. The lowest BCUT2D eigenvalue weighted by molar-refractivity contribution is 0.471. The van der Waals surface area contributed by atoms with Crippen LogP contribution in [0.25, 0.3) is 0 Å². The predicted octanol–water partition coefficient (Wildman–Crippen LogP) is 6.17. The van der Waals surface area contributed by atoms with Gasteiger partial charge in [0.25, 0.3) is 0 Å². The average Bonchev–Trinajstić information content (AvgIpc) is 2.71. The fourth-order valence-corrected chi connectivity index (χ4v) is 2.30. The highest BCUT2D eigenvalue weighted by Gasteiger charge is 2.10. The molecule has 3 aromatic rings. The Morgan fingerprint density at radius 3 is 1.88 bits per heavy atom. The van der Waals surface area contributed by atoms with E-state index in [1.54, 1.807) is 6.26 Å². The van der Waals surface area contributed by atoms with Crippen molar-refractivity contribution in [3.8, 4) is 11.5 Å². The molecule has 0 saturated heterocycles. The number of benzene rings is 3. The summed E-state index contributed by atoms with van der Waals surface area (Å²) < 4.78 is 11.9. The van der Waals surface area contributed by atoms with Crippen LogP contribution in [0.2, 0.25) is 0 Å². The van der Waals surface area contributed by atoms with Crippen LogP contribution in [0.1, 0.15) is 13.3 Å². The summed E-state index contributed by atoms with van der Waals surface area (Å²) >= 11 is 0. The fraction of sp³-hybridized carbons (Fsp3) is 0.0870. The lowest BCUT2D eigenvalue weighted by Crippen LogP contribution is -2.12. The summed E-state index contributed by atoms with van der Waals surface area (Å²) in [7, 11) is 0.